The van der Waals surface area contributed by atoms with Crippen LogP contribution in [0, 0.1) is 6.92 Å². The zero-order chi connectivity index (χ0) is 17.5. The maximum absolute atomic E-state index is 2.42. The van der Waals surface area contributed by atoms with Crippen LogP contribution in [0.5, 0.6) is 0 Å². The van der Waals surface area contributed by atoms with E-state index >= 15 is 0 Å². The van der Waals surface area contributed by atoms with Crippen molar-refractivity contribution in [2.24, 2.45) is 0 Å². The van der Waals surface area contributed by atoms with Gasteiger partial charge in [-0.25, -0.2) is 0 Å². The molecule has 3 aromatic carbocycles. The highest BCUT2D eigenvalue weighted by Gasteiger charge is 2.17. The molecule has 5 rings (SSSR count). The molecule has 1 aromatic heterocycles. The van der Waals surface area contributed by atoms with Crippen molar-refractivity contribution in [3.63, 3.8) is 0 Å². The van der Waals surface area contributed by atoms with E-state index in [1.807, 2.05) is 0 Å². The van der Waals surface area contributed by atoms with Gasteiger partial charge in [0, 0.05) is 22.4 Å². The molecule has 1 aliphatic rings. The first kappa shape index (κ1) is 15.2. The predicted octanol–water partition coefficient (Wildman–Crippen LogP) is 6.69. The first-order chi connectivity index (χ1) is 12.8. The largest absolute Gasteiger partial charge is 0.310 e. The van der Waals surface area contributed by atoms with Gasteiger partial charge in [-0.3, -0.25) is 0 Å². The Morgan fingerprint density at radius 1 is 0.808 bits per heavy atom. The molecule has 0 radical (unpaired) electrons. The van der Waals surface area contributed by atoms with Crippen molar-refractivity contribution in [3.8, 4) is 0 Å². The van der Waals surface area contributed by atoms with Crippen LogP contribution in [0.3, 0.4) is 0 Å². The maximum atomic E-state index is 2.42. The second-order valence-electron chi connectivity index (χ2n) is 7.07. The molecule has 0 bridgehead atoms. The zero-order valence-electron chi connectivity index (χ0n) is 14.9. The van der Waals surface area contributed by atoms with Crippen LogP contribution >= 0.6 is 0 Å². The fourth-order valence-corrected chi connectivity index (χ4v) is 4.22. The SMILES string of the molecule is Cc1cccc2c1c1ccccc1n2C1=CC(c2ccccc2)CC=C1. The number of para-hydroxylation sites is 1. The van der Waals surface area contributed by atoms with Gasteiger partial charge in [0.15, 0.2) is 0 Å². The van der Waals surface area contributed by atoms with Crippen molar-refractivity contribution < 1.29 is 0 Å². The fraction of sp³-hybridized carbons (Fsp3) is 0.120. The average Bonchev–Trinajstić information content (AvgIpc) is 3.04. The number of allylic oxidation sites excluding steroid dienone is 4. The van der Waals surface area contributed by atoms with Gasteiger partial charge in [0.25, 0.3) is 0 Å². The number of hydrogen-bond donors (Lipinski definition) is 0. The normalized spacial score (nSPS) is 17.0. The van der Waals surface area contributed by atoms with E-state index in [1.165, 1.54) is 38.6 Å². The summed E-state index contributed by atoms with van der Waals surface area (Å²) in [6.45, 7) is 2.21. The minimum atomic E-state index is 0.428. The van der Waals surface area contributed by atoms with Crippen molar-refractivity contribution in [1.82, 2.24) is 4.57 Å². The van der Waals surface area contributed by atoms with Crippen molar-refractivity contribution in [2.75, 3.05) is 0 Å². The number of rotatable bonds is 2. The second-order valence-corrected chi connectivity index (χ2v) is 7.07. The third-order valence-electron chi connectivity index (χ3n) is 5.44. The molecule has 1 nitrogen and oxygen atoms in total. The molecule has 0 saturated carbocycles. The molecule has 4 aromatic rings. The Hall–Kier alpha value is -3.06. The van der Waals surface area contributed by atoms with E-state index in [0.29, 0.717) is 5.92 Å². The molecule has 1 atom stereocenters. The average molecular weight is 335 g/mol. The summed E-state index contributed by atoms with van der Waals surface area (Å²) in [5, 5.41) is 2.69. The van der Waals surface area contributed by atoms with Crippen LogP contribution in [0.2, 0.25) is 0 Å². The molecule has 1 heterocycles. The summed E-state index contributed by atoms with van der Waals surface area (Å²) in [4.78, 5) is 0. The van der Waals surface area contributed by atoms with Gasteiger partial charge in [-0.2, -0.15) is 0 Å². The van der Waals surface area contributed by atoms with Crippen LogP contribution in [0.4, 0.5) is 0 Å². The van der Waals surface area contributed by atoms with Crippen LogP contribution < -0.4 is 0 Å². The van der Waals surface area contributed by atoms with E-state index in [4.69, 9.17) is 0 Å². The number of hydrogen-bond acceptors (Lipinski definition) is 0. The number of aryl methyl sites for hydroxylation is 1. The molecule has 1 unspecified atom stereocenters. The molecule has 126 valence electrons. The molecule has 1 heteroatoms. The summed E-state index contributed by atoms with van der Waals surface area (Å²) in [5.41, 5.74) is 6.54. The number of fused-ring (bicyclic) bond motifs is 3. The molecule has 0 saturated heterocycles. The summed E-state index contributed by atoms with van der Waals surface area (Å²) in [7, 11) is 0. The highest BCUT2D eigenvalue weighted by Crippen LogP contribution is 2.36. The fourth-order valence-electron chi connectivity index (χ4n) is 4.22. The van der Waals surface area contributed by atoms with Crippen molar-refractivity contribution in [3.05, 3.63) is 102 Å². The highest BCUT2D eigenvalue weighted by atomic mass is 15.0. The molecule has 0 fully saturated rings. The van der Waals surface area contributed by atoms with E-state index in [1.54, 1.807) is 0 Å². The van der Waals surface area contributed by atoms with Gasteiger partial charge < -0.3 is 4.57 Å². The van der Waals surface area contributed by atoms with Gasteiger partial charge in [0.05, 0.1) is 11.0 Å². The Morgan fingerprint density at radius 3 is 2.46 bits per heavy atom. The molecule has 0 spiro atoms. The lowest BCUT2D eigenvalue weighted by atomic mass is 9.91. The van der Waals surface area contributed by atoms with E-state index in [0.717, 1.165) is 6.42 Å². The molecular formula is C25H21N. The van der Waals surface area contributed by atoms with E-state index < -0.39 is 0 Å². The van der Waals surface area contributed by atoms with Gasteiger partial charge in [-0.05, 0) is 42.7 Å². The lowest BCUT2D eigenvalue weighted by Crippen LogP contribution is -2.03. The smallest absolute Gasteiger partial charge is 0.0543 e. The lowest BCUT2D eigenvalue weighted by Gasteiger charge is -2.19. The van der Waals surface area contributed by atoms with Crippen molar-refractivity contribution in [2.45, 2.75) is 19.3 Å². The maximum Gasteiger partial charge on any atom is 0.0543 e. The number of benzene rings is 3. The summed E-state index contributed by atoms with van der Waals surface area (Å²) >= 11 is 0. The molecule has 0 N–H and O–H groups in total. The Bertz CT molecular complexity index is 1160. The number of aromatic nitrogens is 1. The summed E-state index contributed by atoms with van der Waals surface area (Å²) in [6.07, 6.45) is 8.06. The Labute approximate surface area is 153 Å². The third-order valence-corrected chi connectivity index (χ3v) is 5.44. The van der Waals surface area contributed by atoms with E-state index in [9.17, 15) is 0 Å². The van der Waals surface area contributed by atoms with Crippen LogP contribution in [0.25, 0.3) is 27.5 Å². The van der Waals surface area contributed by atoms with E-state index in [-0.39, 0.29) is 0 Å². The molecular weight excluding hydrogens is 314 g/mol. The first-order valence-electron chi connectivity index (χ1n) is 9.25. The van der Waals surface area contributed by atoms with Gasteiger partial charge in [-0.1, -0.05) is 72.8 Å². The van der Waals surface area contributed by atoms with Gasteiger partial charge in [0.1, 0.15) is 0 Å². The minimum Gasteiger partial charge on any atom is -0.310 e. The topological polar surface area (TPSA) is 4.93 Å². The van der Waals surface area contributed by atoms with E-state index in [2.05, 4.69) is 103 Å². The van der Waals surface area contributed by atoms with Crippen LogP contribution in [-0.4, -0.2) is 4.57 Å². The molecule has 0 amide bonds. The summed E-state index contributed by atoms with van der Waals surface area (Å²) in [5.74, 6) is 0.428. The lowest BCUT2D eigenvalue weighted by molar-refractivity contribution is 0.849. The zero-order valence-corrected chi connectivity index (χ0v) is 14.9. The van der Waals surface area contributed by atoms with Crippen molar-refractivity contribution >= 4 is 27.5 Å². The quantitative estimate of drug-likeness (QED) is 0.385. The van der Waals surface area contributed by atoms with Crippen LogP contribution in [0.1, 0.15) is 23.5 Å². The minimum absolute atomic E-state index is 0.428. The second kappa shape index (κ2) is 6.03. The first-order valence-corrected chi connectivity index (χ1v) is 9.25. The molecule has 0 aliphatic heterocycles. The Kier molecular flexibility index (Phi) is 3.53. The number of nitrogens with zero attached hydrogens (tertiary/aromatic N) is 1. The van der Waals surface area contributed by atoms with Gasteiger partial charge in [-0.15, -0.1) is 0 Å². The highest BCUT2D eigenvalue weighted by molar-refractivity contribution is 6.11. The van der Waals surface area contributed by atoms with Gasteiger partial charge >= 0.3 is 0 Å². The Balaban J connectivity index is 1.77. The van der Waals surface area contributed by atoms with Crippen molar-refractivity contribution in [1.29, 1.82) is 0 Å². The summed E-state index contributed by atoms with van der Waals surface area (Å²) in [6, 6.07) is 26.2. The predicted molar refractivity (Wildman–Crippen MR) is 111 cm³/mol. The monoisotopic (exact) mass is 335 g/mol. The summed E-state index contributed by atoms with van der Waals surface area (Å²) < 4.78 is 2.42. The third kappa shape index (κ3) is 2.32. The standard InChI is InChI=1S/C25H21N/c1-18-9-7-16-24-25(18)22-14-5-6-15-23(22)26(24)21-13-8-12-20(17-21)19-10-3-2-4-11-19/h2-11,13-17,20H,12H2,1H3. The van der Waals surface area contributed by atoms with Gasteiger partial charge in [0.2, 0.25) is 0 Å². The molecule has 26 heavy (non-hydrogen) atoms. The van der Waals surface area contributed by atoms with Crippen LogP contribution in [-0.2, 0) is 0 Å². The Morgan fingerprint density at radius 2 is 1.58 bits per heavy atom. The molecule has 1 aliphatic carbocycles. The van der Waals surface area contributed by atoms with Crippen LogP contribution in [0.15, 0.2) is 91.0 Å².